The Morgan fingerprint density at radius 2 is 1.90 bits per heavy atom. The summed E-state index contributed by atoms with van der Waals surface area (Å²) in [6, 6.07) is 2.41. The van der Waals surface area contributed by atoms with E-state index in [2.05, 4.69) is 10.3 Å². The number of nitrogens with zero attached hydrogens (tertiary/aromatic N) is 2. The summed E-state index contributed by atoms with van der Waals surface area (Å²) in [5, 5.41) is 11.8. The van der Waals surface area contributed by atoms with Crippen LogP contribution in [-0.2, 0) is 6.18 Å². The lowest BCUT2D eigenvalue weighted by Gasteiger charge is -2.39. The van der Waals surface area contributed by atoms with Gasteiger partial charge >= 0.3 is 6.18 Å². The van der Waals surface area contributed by atoms with Gasteiger partial charge < -0.3 is 5.32 Å². The molecule has 3 rings (SSSR count). The zero-order valence-corrected chi connectivity index (χ0v) is 11.9. The third kappa shape index (κ3) is 3.73. The number of rotatable bonds is 0. The zero-order valence-electron chi connectivity index (χ0n) is 11.9. The predicted molar refractivity (Wildman–Crippen MR) is 72.5 cm³/mol. The van der Waals surface area contributed by atoms with Crippen LogP contribution in [0.1, 0.15) is 42.5 Å². The number of halogens is 3. The molecule has 1 saturated heterocycles. The molecule has 0 unspecified atom stereocenters. The zero-order chi connectivity index (χ0) is 15.5. The highest BCUT2D eigenvalue weighted by Crippen LogP contribution is 2.40. The van der Waals surface area contributed by atoms with E-state index in [4.69, 9.17) is 5.26 Å². The van der Waals surface area contributed by atoms with Crippen molar-refractivity contribution in [2.75, 3.05) is 13.1 Å². The first-order valence-corrected chi connectivity index (χ1v) is 7.01. The Kier molecular flexibility index (Phi) is 4.52. The van der Waals surface area contributed by atoms with Crippen molar-refractivity contribution < 1.29 is 13.2 Å². The highest BCUT2D eigenvalue weighted by Gasteiger charge is 2.38. The van der Waals surface area contributed by atoms with Crippen LogP contribution in [0.2, 0.25) is 0 Å². The van der Waals surface area contributed by atoms with Crippen LogP contribution < -0.4 is 5.32 Å². The van der Waals surface area contributed by atoms with E-state index in [1.54, 1.807) is 6.07 Å². The van der Waals surface area contributed by atoms with Crippen molar-refractivity contribution in [2.24, 2.45) is 5.41 Å². The highest BCUT2D eigenvalue weighted by atomic mass is 19.4. The van der Waals surface area contributed by atoms with Gasteiger partial charge in [-0.3, -0.25) is 4.98 Å². The van der Waals surface area contributed by atoms with Crippen LogP contribution in [-0.4, -0.2) is 18.1 Å². The number of nitrogens with one attached hydrogen (secondary N) is 1. The molecule has 0 radical (unpaired) electrons. The monoisotopic (exact) mass is 297 g/mol. The van der Waals surface area contributed by atoms with Crippen LogP contribution >= 0.6 is 0 Å². The van der Waals surface area contributed by atoms with Gasteiger partial charge in [-0.2, -0.15) is 18.4 Å². The van der Waals surface area contributed by atoms with E-state index in [0.29, 0.717) is 5.56 Å². The molecule has 1 spiro atoms. The predicted octanol–water partition coefficient (Wildman–Crippen LogP) is 3.43. The fourth-order valence-corrected chi connectivity index (χ4v) is 2.76. The lowest BCUT2D eigenvalue weighted by atomic mass is 9.80. The summed E-state index contributed by atoms with van der Waals surface area (Å²) in [5.74, 6) is 0. The first-order valence-electron chi connectivity index (χ1n) is 7.01. The summed E-state index contributed by atoms with van der Waals surface area (Å²) in [4.78, 5) is 3.18. The molecule has 0 bridgehead atoms. The summed E-state index contributed by atoms with van der Waals surface area (Å²) in [6.07, 6.45) is 2.53. The van der Waals surface area contributed by atoms with Crippen molar-refractivity contribution in [3.05, 3.63) is 29.1 Å². The Balaban J connectivity index is 0.000000170. The lowest BCUT2D eigenvalue weighted by molar-refractivity contribution is -0.141. The van der Waals surface area contributed by atoms with Crippen molar-refractivity contribution in [1.82, 2.24) is 10.3 Å². The van der Waals surface area contributed by atoms with Gasteiger partial charge in [0, 0.05) is 19.3 Å². The molecule has 6 heteroatoms. The van der Waals surface area contributed by atoms with E-state index in [-0.39, 0.29) is 5.56 Å². The first kappa shape index (κ1) is 15.8. The molecule has 0 amide bonds. The molecule has 2 heterocycles. The molecular formula is C15H18F3N3. The molecule has 0 atom stereocenters. The Labute approximate surface area is 122 Å². The fourth-order valence-electron chi connectivity index (χ4n) is 2.76. The maximum atomic E-state index is 12.1. The molecule has 2 aliphatic rings. The quantitative estimate of drug-likeness (QED) is 0.798. The fraction of sp³-hybridized carbons (Fsp3) is 0.600. The van der Waals surface area contributed by atoms with Gasteiger partial charge in [0.15, 0.2) is 0 Å². The third-order valence-electron chi connectivity index (χ3n) is 4.18. The van der Waals surface area contributed by atoms with E-state index in [0.717, 1.165) is 17.7 Å². The van der Waals surface area contributed by atoms with Gasteiger partial charge in [0.1, 0.15) is 5.69 Å². The number of aryl methyl sites for hydroxylation is 1. The average molecular weight is 297 g/mol. The normalized spacial score (nSPS) is 19.4. The van der Waals surface area contributed by atoms with Crippen molar-refractivity contribution >= 4 is 0 Å². The van der Waals surface area contributed by atoms with Crippen LogP contribution in [0.5, 0.6) is 0 Å². The lowest BCUT2D eigenvalue weighted by Crippen LogP contribution is -2.51. The maximum Gasteiger partial charge on any atom is 0.433 e. The van der Waals surface area contributed by atoms with Crippen molar-refractivity contribution in [3.63, 3.8) is 0 Å². The van der Waals surface area contributed by atoms with Crippen LogP contribution in [0.4, 0.5) is 13.2 Å². The summed E-state index contributed by atoms with van der Waals surface area (Å²) in [5.41, 5.74) is 0.215. The summed E-state index contributed by atoms with van der Waals surface area (Å²) >= 11 is 0. The second-order valence-electron chi connectivity index (χ2n) is 5.80. The Hall–Kier alpha value is -1.61. The van der Waals surface area contributed by atoms with Gasteiger partial charge in [0.25, 0.3) is 0 Å². The standard InChI is InChI=1S/C8H5F3N2.C7H13N/c1-5-4-13-7(8(9,10)11)2-6(5)3-12;1-2-4-7(3-1)5-8-6-7/h2,4H,1H3;8H,1-6H2. The Morgan fingerprint density at radius 1 is 1.29 bits per heavy atom. The van der Waals surface area contributed by atoms with E-state index in [1.807, 2.05) is 0 Å². The molecule has 1 saturated carbocycles. The second kappa shape index (κ2) is 6.02. The molecule has 2 fully saturated rings. The summed E-state index contributed by atoms with van der Waals surface area (Å²) in [7, 11) is 0. The minimum absolute atomic E-state index is 0.00215. The van der Waals surface area contributed by atoms with Crippen molar-refractivity contribution in [2.45, 2.75) is 38.8 Å². The maximum absolute atomic E-state index is 12.1. The smallest absolute Gasteiger partial charge is 0.316 e. The molecule has 3 nitrogen and oxygen atoms in total. The third-order valence-corrected chi connectivity index (χ3v) is 4.18. The number of aromatic nitrogens is 1. The molecule has 1 aromatic heterocycles. The van der Waals surface area contributed by atoms with Gasteiger partial charge in [0.2, 0.25) is 0 Å². The van der Waals surface area contributed by atoms with E-state index < -0.39 is 11.9 Å². The molecule has 1 aliphatic carbocycles. The SMILES string of the molecule is C1CCC2(C1)CNC2.Cc1cnc(C(F)(F)F)cc1C#N. The van der Waals surface area contributed by atoms with Crippen molar-refractivity contribution in [1.29, 1.82) is 5.26 Å². The minimum Gasteiger partial charge on any atom is -0.316 e. The van der Waals surface area contributed by atoms with Gasteiger partial charge in [-0.1, -0.05) is 12.8 Å². The largest absolute Gasteiger partial charge is 0.433 e. The molecule has 1 N–H and O–H groups in total. The molecule has 114 valence electrons. The van der Waals surface area contributed by atoms with Crippen LogP contribution in [0.25, 0.3) is 0 Å². The Bertz CT molecular complexity index is 534. The molecular weight excluding hydrogens is 279 g/mol. The van der Waals surface area contributed by atoms with Crippen LogP contribution in [0.15, 0.2) is 12.3 Å². The summed E-state index contributed by atoms with van der Waals surface area (Å²) < 4.78 is 36.2. The van der Waals surface area contributed by atoms with Crippen LogP contribution in [0.3, 0.4) is 0 Å². The topological polar surface area (TPSA) is 48.7 Å². The minimum atomic E-state index is -4.49. The number of nitriles is 1. The second-order valence-corrected chi connectivity index (χ2v) is 5.80. The molecule has 21 heavy (non-hydrogen) atoms. The van der Waals surface area contributed by atoms with Crippen molar-refractivity contribution in [3.8, 4) is 6.07 Å². The van der Waals surface area contributed by atoms with Gasteiger partial charge in [-0.15, -0.1) is 0 Å². The van der Waals surface area contributed by atoms with Crippen LogP contribution in [0, 0.1) is 23.7 Å². The van der Waals surface area contributed by atoms with Gasteiger partial charge in [-0.05, 0) is 36.8 Å². The van der Waals surface area contributed by atoms with E-state index >= 15 is 0 Å². The number of pyridine rings is 1. The average Bonchev–Trinajstić information content (AvgIpc) is 2.88. The molecule has 1 aliphatic heterocycles. The van der Waals surface area contributed by atoms with E-state index in [9.17, 15) is 13.2 Å². The first-order chi connectivity index (χ1) is 9.86. The summed E-state index contributed by atoms with van der Waals surface area (Å²) in [6.45, 7) is 4.16. The van der Waals surface area contributed by atoms with E-state index in [1.165, 1.54) is 45.7 Å². The molecule has 1 aromatic rings. The molecule has 0 aromatic carbocycles. The van der Waals surface area contributed by atoms with Gasteiger partial charge in [0.05, 0.1) is 11.6 Å². The number of alkyl halides is 3. The van der Waals surface area contributed by atoms with Gasteiger partial charge in [-0.25, -0.2) is 0 Å². The highest BCUT2D eigenvalue weighted by molar-refractivity contribution is 5.36. The Morgan fingerprint density at radius 3 is 2.29 bits per heavy atom. The number of hydrogen-bond donors (Lipinski definition) is 1. The number of hydrogen-bond acceptors (Lipinski definition) is 3.